The third-order valence-corrected chi connectivity index (χ3v) is 6.95. The first kappa shape index (κ1) is 20.3. The minimum absolute atomic E-state index is 0.0902. The van der Waals surface area contributed by atoms with Crippen LogP contribution in [0, 0.1) is 0 Å². The van der Waals surface area contributed by atoms with Gasteiger partial charge >= 0.3 is 12.1 Å². The molecule has 1 N–H and O–H groups in total. The molecule has 0 fully saturated rings. The highest BCUT2D eigenvalue weighted by Gasteiger charge is 2.33. The van der Waals surface area contributed by atoms with Gasteiger partial charge in [0.25, 0.3) is 0 Å². The zero-order valence-corrected chi connectivity index (χ0v) is 18.2. The fourth-order valence-electron chi connectivity index (χ4n) is 4.39. The van der Waals surface area contributed by atoms with Crippen molar-refractivity contribution in [3.05, 3.63) is 89.3 Å². The fourth-order valence-corrected chi connectivity index (χ4v) is 5.33. The van der Waals surface area contributed by atoms with E-state index in [0.717, 1.165) is 32.3 Å². The van der Waals surface area contributed by atoms with Crippen molar-refractivity contribution >= 4 is 39.2 Å². The molecule has 160 valence electrons. The average molecular weight is 444 g/mol. The topological polar surface area (TPSA) is 66.8 Å². The second kappa shape index (κ2) is 8.13. The van der Waals surface area contributed by atoms with Gasteiger partial charge in [0, 0.05) is 21.4 Å². The maximum absolute atomic E-state index is 13.3. The molecule has 0 saturated carbocycles. The number of aliphatic carboxylic acids is 1. The van der Waals surface area contributed by atoms with Crippen LogP contribution in [0.1, 0.15) is 24.0 Å². The van der Waals surface area contributed by atoms with Gasteiger partial charge in [-0.2, -0.15) is 0 Å². The summed E-state index contributed by atoms with van der Waals surface area (Å²) < 4.78 is 6.76. The van der Waals surface area contributed by atoms with Crippen LogP contribution in [-0.2, 0) is 9.53 Å². The normalized spacial score (nSPS) is 13.4. The van der Waals surface area contributed by atoms with Crippen molar-refractivity contribution < 1.29 is 19.4 Å². The molecule has 0 saturated heterocycles. The van der Waals surface area contributed by atoms with E-state index >= 15 is 0 Å². The molecule has 1 aromatic heterocycles. The molecule has 1 aliphatic carbocycles. The van der Waals surface area contributed by atoms with Gasteiger partial charge in [0.15, 0.2) is 0 Å². The lowest BCUT2D eigenvalue weighted by atomic mass is 9.98. The predicted molar refractivity (Wildman–Crippen MR) is 126 cm³/mol. The van der Waals surface area contributed by atoms with Gasteiger partial charge in [-0.3, -0.25) is 4.90 Å². The van der Waals surface area contributed by atoms with Gasteiger partial charge in [0.05, 0.1) is 5.69 Å². The highest BCUT2D eigenvalue weighted by Crippen LogP contribution is 2.44. The SMILES string of the molecule is C[C@@H](C(=O)O)N(C(=O)OCC1c2ccccc2-c2ccccc21)c1csc2ccccc12. The highest BCUT2D eigenvalue weighted by atomic mass is 32.1. The van der Waals surface area contributed by atoms with Crippen LogP contribution in [0.2, 0.25) is 0 Å². The van der Waals surface area contributed by atoms with Gasteiger partial charge in [0.1, 0.15) is 12.6 Å². The fraction of sp³-hybridized carbons (Fsp3) is 0.154. The second-order valence-corrected chi connectivity index (χ2v) is 8.72. The largest absolute Gasteiger partial charge is 0.480 e. The number of rotatable bonds is 5. The number of amides is 1. The summed E-state index contributed by atoms with van der Waals surface area (Å²) in [5.74, 6) is -1.18. The Morgan fingerprint density at radius 3 is 2.22 bits per heavy atom. The van der Waals surface area contributed by atoms with Crippen molar-refractivity contribution in [1.82, 2.24) is 0 Å². The van der Waals surface area contributed by atoms with Crippen LogP contribution in [0.5, 0.6) is 0 Å². The number of thiophene rings is 1. The zero-order chi connectivity index (χ0) is 22.2. The Morgan fingerprint density at radius 2 is 1.56 bits per heavy atom. The summed E-state index contributed by atoms with van der Waals surface area (Å²) in [6, 6.07) is 22.8. The monoisotopic (exact) mass is 443 g/mol. The van der Waals surface area contributed by atoms with Crippen LogP contribution in [-0.4, -0.2) is 29.8 Å². The molecule has 1 heterocycles. The lowest BCUT2D eigenvalue weighted by Gasteiger charge is -2.26. The van der Waals surface area contributed by atoms with Crippen molar-refractivity contribution in [2.75, 3.05) is 11.5 Å². The number of carboxylic acid groups (broad SMARTS) is 1. The van der Waals surface area contributed by atoms with E-state index in [1.54, 1.807) is 0 Å². The molecule has 5 nitrogen and oxygen atoms in total. The highest BCUT2D eigenvalue weighted by molar-refractivity contribution is 7.17. The first-order valence-corrected chi connectivity index (χ1v) is 11.3. The predicted octanol–water partition coefficient (Wildman–Crippen LogP) is 6.13. The Bertz CT molecular complexity index is 1280. The quantitative estimate of drug-likeness (QED) is 0.403. The number of ether oxygens (including phenoxy) is 1. The molecule has 0 unspecified atom stereocenters. The van der Waals surface area contributed by atoms with Crippen LogP contribution in [0.15, 0.2) is 78.2 Å². The third-order valence-electron chi connectivity index (χ3n) is 6.00. The zero-order valence-electron chi connectivity index (χ0n) is 17.4. The van der Waals surface area contributed by atoms with Crippen molar-refractivity contribution in [3.8, 4) is 11.1 Å². The molecular formula is C26H21NO4S. The molecule has 1 atom stereocenters. The summed E-state index contributed by atoms with van der Waals surface area (Å²) >= 11 is 1.47. The van der Waals surface area contributed by atoms with Gasteiger partial charge in [-0.1, -0.05) is 66.7 Å². The molecule has 0 radical (unpaired) electrons. The van der Waals surface area contributed by atoms with E-state index < -0.39 is 18.1 Å². The lowest BCUT2D eigenvalue weighted by Crippen LogP contribution is -2.44. The number of nitrogens with zero attached hydrogens (tertiary/aromatic N) is 1. The van der Waals surface area contributed by atoms with E-state index in [9.17, 15) is 14.7 Å². The van der Waals surface area contributed by atoms with Crippen LogP contribution in [0.25, 0.3) is 21.2 Å². The Labute approximate surface area is 189 Å². The van der Waals surface area contributed by atoms with E-state index in [2.05, 4.69) is 24.3 Å². The summed E-state index contributed by atoms with van der Waals surface area (Å²) in [6.45, 7) is 1.63. The number of carbonyl (C=O) groups excluding carboxylic acids is 1. The van der Waals surface area contributed by atoms with E-state index in [0.29, 0.717) is 5.69 Å². The Hall–Kier alpha value is -3.64. The molecule has 6 heteroatoms. The van der Waals surface area contributed by atoms with Crippen LogP contribution in [0.3, 0.4) is 0 Å². The maximum atomic E-state index is 13.3. The summed E-state index contributed by atoms with van der Waals surface area (Å²) in [6.07, 6.45) is -0.662. The van der Waals surface area contributed by atoms with Gasteiger partial charge in [-0.15, -0.1) is 11.3 Å². The number of hydrogen-bond donors (Lipinski definition) is 1. The molecule has 0 spiro atoms. The van der Waals surface area contributed by atoms with Crippen molar-refractivity contribution in [2.45, 2.75) is 18.9 Å². The Kier molecular flexibility index (Phi) is 5.15. The van der Waals surface area contributed by atoms with Gasteiger partial charge < -0.3 is 9.84 Å². The first-order valence-electron chi connectivity index (χ1n) is 10.4. The van der Waals surface area contributed by atoms with Gasteiger partial charge in [0.2, 0.25) is 0 Å². The lowest BCUT2D eigenvalue weighted by molar-refractivity contribution is -0.138. The van der Waals surface area contributed by atoms with Crippen LogP contribution in [0.4, 0.5) is 10.5 Å². The summed E-state index contributed by atoms with van der Waals surface area (Å²) in [5.41, 5.74) is 5.06. The van der Waals surface area contributed by atoms with Gasteiger partial charge in [-0.25, -0.2) is 9.59 Å². The molecule has 1 amide bonds. The van der Waals surface area contributed by atoms with Crippen LogP contribution >= 0.6 is 11.3 Å². The summed E-state index contributed by atoms with van der Waals surface area (Å²) in [4.78, 5) is 26.3. The minimum atomic E-state index is -1.09. The first-order chi connectivity index (χ1) is 15.6. The Balaban J connectivity index is 1.46. The molecule has 0 bridgehead atoms. The second-order valence-electron chi connectivity index (χ2n) is 7.81. The smallest absolute Gasteiger partial charge is 0.415 e. The third kappa shape index (κ3) is 3.33. The van der Waals surface area contributed by atoms with Gasteiger partial charge in [-0.05, 0) is 35.2 Å². The summed E-state index contributed by atoms with van der Waals surface area (Å²) in [7, 11) is 0. The van der Waals surface area contributed by atoms with Crippen molar-refractivity contribution in [3.63, 3.8) is 0 Å². The standard InChI is InChI=1S/C26H21NO4S/c1-16(25(28)29)27(23-15-32-24-13-7-6-12-21(23)24)26(30)31-14-22-19-10-4-2-8-17(19)18-9-3-5-11-20(18)22/h2-13,15-16,22H,14H2,1H3,(H,28,29)/t16-/m0/s1. The van der Waals surface area contributed by atoms with E-state index in [4.69, 9.17) is 4.74 Å². The number of fused-ring (bicyclic) bond motifs is 4. The number of carboxylic acids is 1. The van der Waals surface area contributed by atoms with E-state index in [1.165, 1.54) is 23.2 Å². The molecule has 4 aromatic rings. The Morgan fingerprint density at radius 1 is 0.969 bits per heavy atom. The molecule has 5 rings (SSSR count). The molecule has 3 aromatic carbocycles. The number of carbonyl (C=O) groups is 2. The number of hydrogen-bond acceptors (Lipinski definition) is 4. The molecule has 0 aliphatic heterocycles. The molecule has 1 aliphatic rings. The van der Waals surface area contributed by atoms with E-state index in [1.807, 2.05) is 53.9 Å². The average Bonchev–Trinajstić information content (AvgIpc) is 3.37. The molecular weight excluding hydrogens is 422 g/mol. The molecule has 32 heavy (non-hydrogen) atoms. The maximum Gasteiger partial charge on any atom is 0.415 e. The summed E-state index contributed by atoms with van der Waals surface area (Å²) in [5, 5.41) is 12.3. The van der Waals surface area contributed by atoms with Crippen molar-refractivity contribution in [1.29, 1.82) is 0 Å². The number of anilines is 1. The van der Waals surface area contributed by atoms with E-state index in [-0.39, 0.29) is 12.5 Å². The van der Waals surface area contributed by atoms with Crippen molar-refractivity contribution in [2.24, 2.45) is 0 Å². The van der Waals surface area contributed by atoms with Crippen LogP contribution < -0.4 is 4.90 Å². The number of benzene rings is 3. The minimum Gasteiger partial charge on any atom is -0.480 e.